The predicted octanol–water partition coefficient (Wildman–Crippen LogP) is 7.07. The highest BCUT2D eigenvalue weighted by Crippen LogP contribution is 2.47. The molecule has 0 bridgehead atoms. The van der Waals surface area contributed by atoms with E-state index in [0.717, 1.165) is 17.7 Å². The van der Waals surface area contributed by atoms with Crippen LogP contribution in [0.5, 0.6) is 0 Å². The topological polar surface area (TPSA) is 30.2 Å². The zero-order valence-electron chi connectivity index (χ0n) is 16.4. The van der Waals surface area contributed by atoms with E-state index in [0.29, 0.717) is 28.6 Å². The molecular weight excluding hydrogens is 363 g/mol. The molecule has 0 atom stereocenters. The first-order chi connectivity index (χ1) is 14.1. The van der Waals surface area contributed by atoms with E-state index in [1.165, 1.54) is 24.5 Å². The van der Waals surface area contributed by atoms with E-state index in [9.17, 15) is 9.18 Å². The second-order valence-corrected chi connectivity index (χ2v) is 7.75. The molecule has 146 valence electrons. The molecule has 1 heterocycles. The van der Waals surface area contributed by atoms with Gasteiger partial charge in [0, 0.05) is 11.1 Å². The van der Waals surface area contributed by atoms with Crippen molar-refractivity contribution in [1.29, 1.82) is 0 Å². The summed E-state index contributed by atoms with van der Waals surface area (Å²) in [7, 11) is 0. The van der Waals surface area contributed by atoms with Gasteiger partial charge in [0.2, 0.25) is 0 Å². The first kappa shape index (κ1) is 19.1. The maximum absolute atomic E-state index is 13.9. The standard InChI is InChI=1S/C16H11FO2.C10H12/c17-14-8-11(10-18)6-7-13(14)16-9-12-4-2-1-3-5-15(12)19-16;1-10(7-8-10)9-5-3-2-4-6-9/h2-10H,1H2;2-6H,7-8H2,1H3. The molecule has 0 unspecified atom stereocenters. The largest absolute Gasteiger partial charge is 0.456 e. The fourth-order valence-corrected chi connectivity index (χ4v) is 3.38. The summed E-state index contributed by atoms with van der Waals surface area (Å²) >= 11 is 0. The number of benzene rings is 2. The lowest BCUT2D eigenvalue weighted by molar-refractivity contribution is 0.112. The van der Waals surface area contributed by atoms with Crippen LogP contribution in [0, 0.1) is 5.82 Å². The number of rotatable bonds is 3. The van der Waals surface area contributed by atoms with Gasteiger partial charge in [0.25, 0.3) is 0 Å². The smallest absolute Gasteiger partial charge is 0.150 e. The SMILES string of the molecule is CC1(c2ccccc2)CC1.O=Cc1ccc(-c2cc3c(o2)C=CCC=C3)c(F)c1. The first-order valence-corrected chi connectivity index (χ1v) is 9.87. The number of halogens is 1. The van der Waals surface area contributed by atoms with Crippen molar-refractivity contribution in [3.8, 4) is 11.3 Å². The first-order valence-electron chi connectivity index (χ1n) is 9.87. The Morgan fingerprint density at radius 3 is 2.45 bits per heavy atom. The molecule has 0 radical (unpaired) electrons. The molecule has 3 heteroatoms. The van der Waals surface area contributed by atoms with Crippen LogP contribution in [0.25, 0.3) is 23.5 Å². The molecule has 2 aliphatic carbocycles. The number of aldehydes is 1. The number of hydrogen-bond donors (Lipinski definition) is 0. The van der Waals surface area contributed by atoms with Crippen LogP contribution in [-0.4, -0.2) is 6.29 Å². The van der Waals surface area contributed by atoms with Gasteiger partial charge in [-0.05, 0) is 54.5 Å². The van der Waals surface area contributed by atoms with E-state index in [-0.39, 0.29) is 0 Å². The second kappa shape index (κ2) is 8.04. The Kier molecular flexibility index (Phi) is 5.30. The average Bonchev–Trinajstić information content (AvgIpc) is 3.44. The minimum absolute atomic E-state index is 0.314. The Morgan fingerprint density at radius 1 is 1.00 bits per heavy atom. The lowest BCUT2D eigenvalue weighted by Gasteiger charge is -2.06. The molecule has 2 aromatic carbocycles. The van der Waals surface area contributed by atoms with Gasteiger partial charge >= 0.3 is 0 Å². The third kappa shape index (κ3) is 4.29. The lowest BCUT2D eigenvalue weighted by Crippen LogP contribution is -1.97. The number of furan rings is 1. The highest BCUT2D eigenvalue weighted by atomic mass is 19.1. The highest BCUT2D eigenvalue weighted by molar-refractivity contribution is 5.77. The van der Waals surface area contributed by atoms with E-state index in [1.807, 2.05) is 24.3 Å². The summed E-state index contributed by atoms with van der Waals surface area (Å²) in [6.45, 7) is 2.34. The van der Waals surface area contributed by atoms with Crippen molar-refractivity contribution in [3.63, 3.8) is 0 Å². The molecule has 1 fully saturated rings. The van der Waals surface area contributed by atoms with Gasteiger partial charge < -0.3 is 4.42 Å². The summed E-state index contributed by atoms with van der Waals surface area (Å²) in [5.74, 6) is 0.736. The fraction of sp³-hybridized carbons (Fsp3) is 0.192. The van der Waals surface area contributed by atoms with Crippen LogP contribution in [0.2, 0.25) is 0 Å². The Balaban J connectivity index is 0.000000171. The van der Waals surface area contributed by atoms with E-state index in [2.05, 4.69) is 37.3 Å². The molecule has 0 spiro atoms. The zero-order valence-corrected chi connectivity index (χ0v) is 16.4. The van der Waals surface area contributed by atoms with Crippen LogP contribution in [0.15, 0.2) is 71.2 Å². The van der Waals surface area contributed by atoms with E-state index >= 15 is 0 Å². The summed E-state index contributed by atoms with van der Waals surface area (Å²) < 4.78 is 19.6. The minimum Gasteiger partial charge on any atom is -0.456 e. The molecule has 1 aromatic heterocycles. The maximum atomic E-state index is 13.9. The van der Waals surface area contributed by atoms with Gasteiger partial charge in [0.1, 0.15) is 23.6 Å². The molecule has 5 rings (SSSR count). The molecule has 0 amide bonds. The number of carbonyl (C=O) groups excluding carboxylic acids is 1. The fourth-order valence-electron chi connectivity index (χ4n) is 3.38. The Morgan fingerprint density at radius 2 is 1.76 bits per heavy atom. The Bertz CT molecular complexity index is 1040. The molecule has 1 saturated carbocycles. The van der Waals surface area contributed by atoms with Gasteiger partial charge in [0.05, 0.1) is 5.56 Å². The molecular formula is C26H23FO2. The van der Waals surface area contributed by atoms with Gasteiger partial charge in [-0.2, -0.15) is 0 Å². The van der Waals surface area contributed by atoms with E-state index < -0.39 is 5.82 Å². The van der Waals surface area contributed by atoms with Gasteiger partial charge in [-0.1, -0.05) is 61.5 Å². The maximum Gasteiger partial charge on any atom is 0.150 e. The average molecular weight is 386 g/mol. The van der Waals surface area contributed by atoms with Gasteiger partial charge in [-0.3, -0.25) is 4.79 Å². The highest BCUT2D eigenvalue weighted by Gasteiger charge is 2.38. The molecule has 0 N–H and O–H groups in total. The van der Waals surface area contributed by atoms with Gasteiger partial charge in [-0.15, -0.1) is 0 Å². The van der Waals surface area contributed by atoms with Crippen molar-refractivity contribution < 1.29 is 13.6 Å². The summed E-state index contributed by atoms with van der Waals surface area (Å²) in [5, 5.41) is 0. The number of hydrogen-bond acceptors (Lipinski definition) is 2. The quantitative estimate of drug-likeness (QED) is 0.451. The number of carbonyl (C=O) groups is 1. The van der Waals surface area contributed by atoms with Crippen LogP contribution >= 0.6 is 0 Å². The van der Waals surface area contributed by atoms with E-state index in [4.69, 9.17) is 4.42 Å². The van der Waals surface area contributed by atoms with Gasteiger partial charge in [0.15, 0.2) is 0 Å². The molecule has 2 aliphatic rings. The minimum atomic E-state index is -0.457. The molecule has 2 nitrogen and oxygen atoms in total. The monoisotopic (exact) mass is 386 g/mol. The summed E-state index contributed by atoms with van der Waals surface area (Å²) in [5.41, 5.74) is 3.66. The third-order valence-corrected chi connectivity index (χ3v) is 5.50. The van der Waals surface area contributed by atoms with Crippen LogP contribution in [0.3, 0.4) is 0 Å². The van der Waals surface area contributed by atoms with Crippen molar-refractivity contribution in [1.82, 2.24) is 0 Å². The van der Waals surface area contributed by atoms with Crippen molar-refractivity contribution >= 4 is 18.4 Å². The lowest BCUT2D eigenvalue weighted by atomic mass is 9.99. The zero-order chi connectivity index (χ0) is 20.3. The van der Waals surface area contributed by atoms with Gasteiger partial charge in [-0.25, -0.2) is 4.39 Å². The molecule has 3 aromatic rings. The van der Waals surface area contributed by atoms with Crippen LogP contribution in [0.1, 0.15) is 53.4 Å². The second-order valence-electron chi connectivity index (χ2n) is 7.75. The number of fused-ring (bicyclic) bond motifs is 1. The Hall–Kier alpha value is -3.20. The summed E-state index contributed by atoms with van der Waals surface area (Å²) in [4.78, 5) is 10.6. The summed E-state index contributed by atoms with van der Waals surface area (Å²) in [6, 6.07) is 16.9. The van der Waals surface area contributed by atoms with Crippen LogP contribution in [0.4, 0.5) is 4.39 Å². The van der Waals surface area contributed by atoms with Crippen molar-refractivity contribution in [2.45, 2.75) is 31.6 Å². The normalized spacial score (nSPS) is 15.7. The number of allylic oxidation sites excluding steroid dienone is 2. The van der Waals surface area contributed by atoms with Crippen molar-refractivity contribution in [2.24, 2.45) is 0 Å². The molecule has 0 saturated heterocycles. The van der Waals surface area contributed by atoms with Crippen molar-refractivity contribution in [2.75, 3.05) is 0 Å². The summed E-state index contributed by atoms with van der Waals surface area (Å²) in [6.07, 6.45) is 12.1. The third-order valence-electron chi connectivity index (χ3n) is 5.50. The predicted molar refractivity (Wildman–Crippen MR) is 115 cm³/mol. The van der Waals surface area contributed by atoms with Crippen LogP contribution in [-0.2, 0) is 5.41 Å². The van der Waals surface area contributed by atoms with Crippen LogP contribution < -0.4 is 0 Å². The van der Waals surface area contributed by atoms with E-state index in [1.54, 1.807) is 18.2 Å². The van der Waals surface area contributed by atoms with Crippen molar-refractivity contribution in [3.05, 3.63) is 95.0 Å². The molecule has 29 heavy (non-hydrogen) atoms. The molecule has 0 aliphatic heterocycles. The Labute approximate surface area is 170 Å².